The van der Waals surface area contributed by atoms with Crippen LogP contribution in [0.4, 0.5) is 0 Å². The first-order valence-corrected chi connectivity index (χ1v) is 8.41. The lowest BCUT2D eigenvalue weighted by atomic mass is 9.91. The van der Waals surface area contributed by atoms with Gasteiger partial charge in [0.05, 0.1) is 5.69 Å². The van der Waals surface area contributed by atoms with Gasteiger partial charge in [-0.15, -0.1) is 0 Å². The fourth-order valence-corrected chi connectivity index (χ4v) is 3.28. The number of nitrogens with zero attached hydrogens (tertiary/aromatic N) is 3. The van der Waals surface area contributed by atoms with Crippen LogP contribution in [-0.2, 0) is 25.9 Å². The van der Waals surface area contributed by atoms with Crippen molar-refractivity contribution in [3.8, 4) is 0 Å². The Balaban J connectivity index is 1.74. The van der Waals surface area contributed by atoms with E-state index in [4.69, 9.17) is 4.52 Å². The van der Waals surface area contributed by atoms with Crippen LogP contribution in [0.2, 0.25) is 0 Å². The van der Waals surface area contributed by atoms with Gasteiger partial charge in [-0.3, -0.25) is 4.68 Å². The van der Waals surface area contributed by atoms with Crippen molar-refractivity contribution >= 4 is 5.97 Å². The maximum atomic E-state index is 11.5. The van der Waals surface area contributed by atoms with Crippen molar-refractivity contribution in [1.82, 2.24) is 20.3 Å². The minimum atomic E-state index is -0.943. The molecule has 2 aromatic heterocycles. The number of aromatic carboxylic acids is 1. The van der Waals surface area contributed by atoms with E-state index in [1.54, 1.807) is 0 Å². The number of carboxylic acid groups (broad SMARTS) is 1. The van der Waals surface area contributed by atoms with Gasteiger partial charge in [0.25, 0.3) is 0 Å². The summed E-state index contributed by atoms with van der Waals surface area (Å²) in [5, 5.41) is 21.3. The summed E-state index contributed by atoms with van der Waals surface area (Å²) in [4.78, 5) is 11.5. The molecule has 0 aliphatic heterocycles. The Labute approximate surface area is 141 Å². The van der Waals surface area contributed by atoms with Crippen LogP contribution < -0.4 is 5.32 Å². The largest absolute Gasteiger partial charge is 0.476 e. The summed E-state index contributed by atoms with van der Waals surface area (Å²) in [7, 11) is 0. The molecule has 0 amide bonds. The SMILES string of the molecule is Cc1cc(CN[C@H]2CCc3c(c(C(=O)O)nn3CC(C)C)C2)no1. The van der Waals surface area contributed by atoms with E-state index in [0.29, 0.717) is 18.9 Å². The number of hydrogen-bond acceptors (Lipinski definition) is 5. The fraction of sp³-hybridized carbons (Fsp3) is 0.588. The van der Waals surface area contributed by atoms with E-state index in [-0.39, 0.29) is 11.7 Å². The molecule has 0 saturated carbocycles. The molecule has 0 saturated heterocycles. The number of carboxylic acids is 1. The monoisotopic (exact) mass is 332 g/mol. The average molecular weight is 332 g/mol. The lowest BCUT2D eigenvalue weighted by Crippen LogP contribution is -2.35. The van der Waals surface area contributed by atoms with E-state index >= 15 is 0 Å². The summed E-state index contributed by atoms with van der Waals surface area (Å²) in [6.07, 6.45) is 2.50. The molecular weight excluding hydrogens is 308 g/mol. The Morgan fingerprint density at radius 3 is 2.96 bits per heavy atom. The number of hydrogen-bond donors (Lipinski definition) is 2. The van der Waals surface area contributed by atoms with Crippen LogP contribution in [0.1, 0.15) is 53.5 Å². The molecule has 1 atom stereocenters. The van der Waals surface area contributed by atoms with Crippen molar-refractivity contribution in [2.75, 3.05) is 0 Å². The lowest BCUT2D eigenvalue weighted by molar-refractivity contribution is 0.0688. The van der Waals surface area contributed by atoms with Crippen molar-refractivity contribution in [2.24, 2.45) is 5.92 Å². The summed E-state index contributed by atoms with van der Waals surface area (Å²) in [6, 6.07) is 2.13. The van der Waals surface area contributed by atoms with Gasteiger partial charge >= 0.3 is 5.97 Å². The molecule has 0 radical (unpaired) electrons. The van der Waals surface area contributed by atoms with E-state index in [9.17, 15) is 9.90 Å². The van der Waals surface area contributed by atoms with E-state index in [1.165, 1.54) is 0 Å². The molecular formula is C17H24N4O3. The molecule has 7 nitrogen and oxygen atoms in total. The van der Waals surface area contributed by atoms with Crippen molar-refractivity contribution in [2.45, 2.75) is 59.2 Å². The van der Waals surface area contributed by atoms with Gasteiger partial charge in [-0.05, 0) is 32.1 Å². The summed E-state index contributed by atoms with van der Waals surface area (Å²) in [6.45, 7) is 7.47. The molecule has 0 spiro atoms. The molecule has 2 aromatic rings. The Bertz CT molecular complexity index is 732. The summed E-state index contributed by atoms with van der Waals surface area (Å²) in [5.41, 5.74) is 3.03. The number of fused-ring (bicyclic) bond motifs is 1. The molecule has 24 heavy (non-hydrogen) atoms. The van der Waals surface area contributed by atoms with E-state index in [0.717, 1.165) is 42.1 Å². The zero-order chi connectivity index (χ0) is 17.3. The molecule has 0 fully saturated rings. The van der Waals surface area contributed by atoms with Gasteiger partial charge in [0, 0.05) is 36.5 Å². The van der Waals surface area contributed by atoms with Crippen LogP contribution in [0.5, 0.6) is 0 Å². The first kappa shape index (κ1) is 16.7. The molecule has 0 unspecified atom stereocenters. The van der Waals surface area contributed by atoms with Gasteiger partial charge in [-0.1, -0.05) is 19.0 Å². The molecule has 1 aliphatic rings. The second-order valence-electron chi connectivity index (χ2n) is 6.90. The van der Waals surface area contributed by atoms with Crippen molar-refractivity contribution in [3.63, 3.8) is 0 Å². The van der Waals surface area contributed by atoms with E-state index in [2.05, 4.69) is 29.4 Å². The van der Waals surface area contributed by atoms with Crippen LogP contribution in [0.3, 0.4) is 0 Å². The van der Waals surface area contributed by atoms with Crippen LogP contribution in [-0.4, -0.2) is 32.1 Å². The van der Waals surface area contributed by atoms with Crippen LogP contribution >= 0.6 is 0 Å². The molecule has 3 rings (SSSR count). The second-order valence-corrected chi connectivity index (χ2v) is 6.90. The normalized spacial score (nSPS) is 17.2. The van der Waals surface area contributed by atoms with Gasteiger partial charge in [-0.2, -0.15) is 5.10 Å². The van der Waals surface area contributed by atoms with Gasteiger partial charge in [0.2, 0.25) is 0 Å². The molecule has 2 N–H and O–H groups in total. The van der Waals surface area contributed by atoms with Crippen molar-refractivity contribution in [1.29, 1.82) is 0 Å². The highest BCUT2D eigenvalue weighted by Crippen LogP contribution is 2.26. The average Bonchev–Trinajstić information content (AvgIpc) is 3.08. The van der Waals surface area contributed by atoms with E-state index < -0.39 is 5.97 Å². The first-order valence-electron chi connectivity index (χ1n) is 8.41. The molecule has 2 heterocycles. The third-order valence-electron chi connectivity index (χ3n) is 4.34. The first-order chi connectivity index (χ1) is 11.4. The zero-order valence-electron chi connectivity index (χ0n) is 14.4. The number of aryl methyl sites for hydroxylation is 1. The molecule has 7 heteroatoms. The maximum absolute atomic E-state index is 11.5. The quantitative estimate of drug-likeness (QED) is 0.842. The Morgan fingerprint density at radius 2 is 2.33 bits per heavy atom. The second kappa shape index (κ2) is 6.76. The van der Waals surface area contributed by atoms with Crippen molar-refractivity contribution < 1.29 is 14.4 Å². The third kappa shape index (κ3) is 3.51. The topological polar surface area (TPSA) is 93.2 Å². The molecule has 0 aromatic carbocycles. The standard InChI is InChI=1S/C17H24N4O3/c1-10(2)9-21-15-5-4-12(7-14(15)16(19-21)17(22)23)18-8-13-6-11(3)24-20-13/h6,10,12,18H,4-5,7-9H2,1-3H3,(H,22,23)/t12-/m0/s1. The fourth-order valence-electron chi connectivity index (χ4n) is 3.28. The van der Waals surface area contributed by atoms with Gasteiger partial charge in [-0.25, -0.2) is 4.79 Å². The minimum Gasteiger partial charge on any atom is -0.476 e. The van der Waals surface area contributed by atoms with Crippen LogP contribution in [0.15, 0.2) is 10.6 Å². The van der Waals surface area contributed by atoms with Crippen LogP contribution in [0, 0.1) is 12.8 Å². The predicted molar refractivity (Wildman–Crippen MR) is 87.9 cm³/mol. The minimum absolute atomic E-state index is 0.203. The maximum Gasteiger partial charge on any atom is 0.356 e. The highest BCUT2D eigenvalue weighted by atomic mass is 16.5. The van der Waals surface area contributed by atoms with Gasteiger partial charge < -0.3 is 14.9 Å². The van der Waals surface area contributed by atoms with Crippen LogP contribution in [0.25, 0.3) is 0 Å². The number of rotatable bonds is 6. The molecule has 0 bridgehead atoms. The highest BCUT2D eigenvalue weighted by molar-refractivity contribution is 5.87. The predicted octanol–water partition coefficient (Wildman–Crippen LogP) is 2.18. The Morgan fingerprint density at radius 1 is 1.54 bits per heavy atom. The summed E-state index contributed by atoms with van der Waals surface area (Å²) in [5.74, 6) is 0.282. The zero-order valence-corrected chi connectivity index (χ0v) is 14.4. The number of carbonyl (C=O) groups is 1. The smallest absolute Gasteiger partial charge is 0.356 e. The molecule has 1 aliphatic carbocycles. The van der Waals surface area contributed by atoms with Crippen molar-refractivity contribution in [3.05, 3.63) is 34.5 Å². The van der Waals surface area contributed by atoms with Gasteiger partial charge in [0.1, 0.15) is 5.76 Å². The van der Waals surface area contributed by atoms with E-state index in [1.807, 2.05) is 17.7 Å². The summed E-state index contributed by atoms with van der Waals surface area (Å²) < 4.78 is 6.96. The number of nitrogens with one attached hydrogen (secondary N) is 1. The van der Waals surface area contributed by atoms with Gasteiger partial charge in [0.15, 0.2) is 5.69 Å². The number of aromatic nitrogens is 3. The molecule has 130 valence electrons. The Kier molecular flexibility index (Phi) is 4.71. The third-order valence-corrected chi connectivity index (χ3v) is 4.34. The summed E-state index contributed by atoms with van der Waals surface area (Å²) >= 11 is 0. The highest BCUT2D eigenvalue weighted by Gasteiger charge is 2.29. The lowest BCUT2D eigenvalue weighted by Gasteiger charge is -2.24. The Hall–Kier alpha value is -2.15.